The average molecular weight is 331 g/mol. The molecule has 0 radical (unpaired) electrons. The highest BCUT2D eigenvalue weighted by atomic mass is 32.2. The first-order valence-electron chi connectivity index (χ1n) is 7.62. The van der Waals surface area contributed by atoms with Gasteiger partial charge in [-0.1, -0.05) is 35.5 Å². The van der Waals surface area contributed by atoms with Crippen molar-refractivity contribution in [1.82, 2.24) is 10.1 Å². The number of benzene rings is 1. The van der Waals surface area contributed by atoms with Gasteiger partial charge < -0.3 is 0 Å². The van der Waals surface area contributed by atoms with Gasteiger partial charge in [0.2, 0.25) is 11.1 Å². The minimum Gasteiger partial charge on any atom is -0.291 e. The fraction of sp³-hybridized carbons (Fsp3) is 0.375. The minimum atomic E-state index is -0.347. The van der Waals surface area contributed by atoms with Crippen molar-refractivity contribution in [3.63, 3.8) is 0 Å². The summed E-state index contributed by atoms with van der Waals surface area (Å²) in [6.45, 7) is 5.48. The molecule has 0 spiro atoms. The molecule has 2 aromatic rings. The third kappa shape index (κ3) is 2.65. The zero-order valence-corrected chi connectivity index (χ0v) is 14.2. The number of hydrogen-bond donors (Lipinski definition) is 1. The first-order chi connectivity index (χ1) is 11.0. The van der Waals surface area contributed by atoms with Crippen molar-refractivity contribution in [3.05, 3.63) is 34.6 Å². The predicted molar refractivity (Wildman–Crippen MR) is 89.4 cm³/mol. The largest absolute Gasteiger partial charge is 0.325 e. The van der Waals surface area contributed by atoms with Crippen LogP contribution in [-0.4, -0.2) is 21.7 Å². The maximum absolute atomic E-state index is 12.6. The number of fused-ring (bicyclic) bond motifs is 3. The summed E-state index contributed by atoms with van der Waals surface area (Å²) in [7, 11) is 0. The molecule has 1 amide bonds. The number of aromatic amines is 1. The van der Waals surface area contributed by atoms with Gasteiger partial charge in [-0.3, -0.25) is 19.5 Å². The lowest BCUT2D eigenvalue weighted by molar-refractivity contribution is -0.768. The zero-order valence-electron chi connectivity index (χ0n) is 13.4. The van der Waals surface area contributed by atoms with E-state index >= 15 is 0 Å². The molecule has 0 saturated heterocycles. The van der Waals surface area contributed by atoms with Crippen LogP contribution in [0.4, 0.5) is 5.69 Å². The Kier molecular flexibility index (Phi) is 4.21. The number of H-pyrrole nitrogens is 1. The Morgan fingerprint density at radius 2 is 2.17 bits per heavy atom. The third-order valence-corrected chi connectivity index (χ3v) is 4.86. The second-order valence-corrected chi connectivity index (χ2v) is 6.52. The summed E-state index contributed by atoms with van der Waals surface area (Å²) in [5, 5.41) is 5.13. The molecule has 1 aromatic carbocycles. The van der Waals surface area contributed by atoms with E-state index in [0.29, 0.717) is 10.9 Å². The summed E-state index contributed by atoms with van der Waals surface area (Å²) in [5.41, 5.74) is 1.78. The Morgan fingerprint density at radius 3 is 2.87 bits per heavy atom. The number of nitrogens with one attached hydrogen (secondary N) is 1. The van der Waals surface area contributed by atoms with E-state index < -0.39 is 0 Å². The van der Waals surface area contributed by atoms with E-state index in [0.717, 1.165) is 23.4 Å². The molecular weight excluding hydrogens is 312 g/mol. The fourth-order valence-corrected chi connectivity index (χ4v) is 3.55. The summed E-state index contributed by atoms with van der Waals surface area (Å²) in [6.07, 6.45) is 0.648. The number of aromatic nitrogens is 3. The van der Waals surface area contributed by atoms with Gasteiger partial charge in [-0.15, -0.1) is 0 Å². The van der Waals surface area contributed by atoms with Crippen molar-refractivity contribution in [1.29, 1.82) is 0 Å². The molecule has 0 unspecified atom stereocenters. The van der Waals surface area contributed by atoms with Crippen molar-refractivity contribution in [2.75, 3.05) is 10.7 Å². The van der Waals surface area contributed by atoms with E-state index in [1.165, 1.54) is 18.7 Å². The maximum atomic E-state index is 12.6. The Bertz CT molecular complexity index is 818. The lowest BCUT2D eigenvalue weighted by Gasteiger charge is -2.29. The number of carbonyl (C=O) groups excluding carboxylic acids is 1. The van der Waals surface area contributed by atoms with E-state index in [2.05, 4.69) is 17.0 Å². The number of amides is 1. The van der Waals surface area contributed by atoms with Crippen LogP contribution in [-0.2, 0) is 4.79 Å². The molecule has 7 heteroatoms. The van der Waals surface area contributed by atoms with Crippen LogP contribution >= 0.6 is 11.8 Å². The second-order valence-electron chi connectivity index (χ2n) is 5.44. The summed E-state index contributed by atoms with van der Waals surface area (Å²) >= 11 is 1.51. The molecule has 0 fully saturated rings. The summed E-state index contributed by atoms with van der Waals surface area (Å²) in [4.78, 5) is 29.2. The molecule has 6 nitrogen and oxygen atoms in total. The standard InChI is InChI=1S/C16H18N4O2S/c1-4-9-23-16-17-15(22)14-12-7-5-6-8-13(12)19(11(3)21)10(2)20(14)18-16/h5-8,10H,4,9H2,1-3H3/p+1/t10-/m0/s1. The minimum absolute atomic E-state index is 0.0760. The lowest BCUT2D eigenvalue weighted by Crippen LogP contribution is -2.59. The van der Waals surface area contributed by atoms with E-state index in [1.807, 2.05) is 31.2 Å². The molecule has 1 aromatic heterocycles. The number of para-hydroxylation sites is 1. The van der Waals surface area contributed by atoms with Crippen LogP contribution < -0.4 is 15.1 Å². The highest BCUT2D eigenvalue weighted by Gasteiger charge is 2.40. The molecule has 23 heavy (non-hydrogen) atoms. The number of thioether (sulfide) groups is 1. The predicted octanol–water partition coefficient (Wildman–Crippen LogP) is 2.11. The van der Waals surface area contributed by atoms with Gasteiger partial charge >= 0.3 is 11.3 Å². The SMILES string of the molecule is CCCSc1n[n+]2c(c(=O)[nH]1)-c1ccccc1N(C(C)=O)[C@@H]2C. The highest BCUT2D eigenvalue weighted by molar-refractivity contribution is 7.99. The summed E-state index contributed by atoms with van der Waals surface area (Å²) in [5.74, 6) is 0.803. The van der Waals surface area contributed by atoms with E-state index in [9.17, 15) is 9.59 Å². The number of carbonyl (C=O) groups is 1. The van der Waals surface area contributed by atoms with Gasteiger partial charge in [0.25, 0.3) is 6.17 Å². The number of nitrogens with zero attached hydrogens (tertiary/aromatic N) is 3. The normalized spacial score (nSPS) is 16.0. The van der Waals surface area contributed by atoms with Crippen molar-refractivity contribution >= 4 is 23.4 Å². The van der Waals surface area contributed by atoms with Crippen LogP contribution in [0.2, 0.25) is 0 Å². The van der Waals surface area contributed by atoms with E-state index in [4.69, 9.17) is 0 Å². The van der Waals surface area contributed by atoms with Crippen LogP contribution in [0.3, 0.4) is 0 Å². The Balaban J connectivity index is 2.23. The molecule has 2 heterocycles. The Morgan fingerprint density at radius 1 is 1.43 bits per heavy atom. The highest BCUT2D eigenvalue weighted by Crippen LogP contribution is 2.34. The van der Waals surface area contributed by atoms with Gasteiger partial charge in [0.05, 0.1) is 11.3 Å². The molecule has 0 bridgehead atoms. The van der Waals surface area contributed by atoms with Gasteiger partial charge in [-0.05, 0) is 18.6 Å². The van der Waals surface area contributed by atoms with Gasteiger partial charge in [0, 0.05) is 24.7 Å². The molecule has 0 aliphatic carbocycles. The van der Waals surface area contributed by atoms with Gasteiger partial charge in [0.15, 0.2) is 0 Å². The second kappa shape index (κ2) is 6.16. The average Bonchev–Trinajstić information content (AvgIpc) is 2.52. The van der Waals surface area contributed by atoms with Gasteiger partial charge in [-0.2, -0.15) is 0 Å². The van der Waals surface area contributed by atoms with Crippen molar-refractivity contribution in [3.8, 4) is 11.3 Å². The van der Waals surface area contributed by atoms with E-state index in [-0.39, 0.29) is 17.6 Å². The van der Waals surface area contributed by atoms with Crippen LogP contribution in [0.25, 0.3) is 11.3 Å². The molecule has 0 saturated carbocycles. The van der Waals surface area contributed by atoms with Crippen LogP contribution in [0.15, 0.2) is 34.2 Å². The Hall–Kier alpha value is -2.15. The monoisotopic (exact) mass is 331 g/mol. The molecular formula is C16H19N4O2S+. The number of hydrogen-bond acceptors (Lipinski definition) is 4. The first kappa shape index (κ1) is 15.7. The van der Waals surface area contributed by atoms with Crippen molar-refractivity contribution in [2.24, 2.45) is 0 Å². The molecule has 120 valence electrons. The van der Waals surface area contributed by atoms with Crippen LogP contribution in [0.5, 0.6) is 0 Å². The molecule has 1 N–H and O–H groups in total. The van der Waals surface area contributed by atoms with Gasteiger partial charge in [0.1, 0.15) is 0 Å². The number of rotatable bonds is 3. The third-order valence-electron chi connectivity index (χ3n) is 3.79. The zero-order chi connectivity index (χ0) is 16.6. The van der Waals surface area contributed by atoms with Crippen LogP contribution in [0.1, 0.15) is 33.4 Å². The smallest absolute Gasteiger partial charge is 0.291 e. The number of anilines is 1. The van der Waals surface area contributed by atoms with Crippen molar-refractivity contribution in [2.45, 2.75) is 38.5 Å². The Labute approximate surface area is 138 Å². The van der Waals surface area contributed by atoms with Crippen molar-refractivity contribution < 1.29 is 9.48 Å². The molecule has 1 aliphatic heterocycles. The quantitative estimate of drug-likeness (QED) is 0.691. The van der Waals surface area contributed by atoms with Crippen LogP contribution in [0, 0.1) is 0 Å². The summed E-state index contributed by atoms with van der Waals surface area (Å²) in [6, 6.07) is 7.43. The van der Waals surface area contributed by atoms with E-state index in [1.54, 1.807) is 9.58 Å². The lowest BCUT2D eigenvalue weighted by atomic mass is 10.1. The topological polar surface area (TPSA) is 69.9 Å². The molecule has 3 rings (SSSR count). The fourth-order valence-electron chi connectivity index (χ4n) is 2.84. The first-order valence-corrected chi connectivity index (χ1v) is 8.61. The maximum Gasteiger partial charge on any atom is 0.325 e. The molecule has 1 atom stereocenters. The molecule has 1 aliphatic rings. The van der Waals surface area contributed by atoms with Gasteiger partial charge in [-0.25, -0.2) is 0 Å². The summed E-state index contributed by atoms with van der Waals surface area (Å²) < 4.78 is 1.65.